The van der Waals surface area contributed by atoms with Crippen molar-refractivity contribution in [2.45, 2.75) is 6.92 Å². The number of hydrogen-bond donors (Lipinski definition) is 0. The first-order valence-electron chi connectivity index (χ1n) is 5.71. The number of carbonyl (C=O) groups excluding carboxylic acids is 1. The van der Waals surface area contributed by atoms with Crippen LogP contribution >= 0.6 is 0 Å². The molecule has 0 saturated heterocycles. The Balaban J connectivity index is 2.35. The summed E-state index contributed by atoms with van der Waals surface area (Å²) in [5.74, 6) is -0.576. The van der Waals surface area contributed by atoms with Crippen LogP contribution in [0.2, 0.25) is 0 Å². The Morgan fingerprint density at radius 3 is 2.70 bits per heavy atom. The van der Waals surface area contributed by atoms with Crippen molar-refractivity contribution in [3.05, 3.63) is 57.8 Å². The highest BCUT2D eigenvalue weighted by molar-refractivity contribution is 5.83. The van der Waals surface area contributed by atoms with Gasteiger partial charge in [0, 0.05) is 17.2 Å². The van der Waals surface area contributed by atoms with Crippen molar-refractivity contribution in [1.82, 2.24) is 0 Å². The van der Waals surface area contributed by atoms with Crippen molar-refractivity contribution in [2.24, 2.45) is 0 Å². The van der Waals surface area contributed by atoms with E-state index < -0.39 is 10.9 Å². The number of rotatable bonds is 4. The van der Waals surface area contributed by atoms with Gasteiger partial charge in [-0.2, -0.15) is 0 Å². The number of carbonyl (C=O) groups is 1. The zero-order valence-corrected chi connectivity index (χ0v) is 10.5. The molecule has 0 atom stereocenters. The molecule has 6 nitrogen and oxygen atoms in total. The van der Waals surface area contributed by atoms with Crippen molar-refractivity contribution >= 4 is 17.7 Å². The molecule has 1 aromatic carbocycles. The maximum atomic E-state index is 10.9. The van der Waals surface area contributed by atoms with Crippen LogP contribution in [0.15, 0.2) is 40.8 Å². The van der Waals surface area contributed by atoms with Crippen LogP contribution in [0.4, 0.5) is 5.69 Å². The molecule has 0 radical (unpaired) electrons. The number of benzene rings is 1. The SMILES string of the molecule is Cc1ccc(-c2ccc(/C=C/C(=O)[O-])o2)cc1[N+](=O)[O-]. The van der Waals surface area contributed by atoms with Crippen LogP contribution < -0.4 is 5.11 Å². The molecular formula is C14H10NO5-. The zero-order chi connectivity index (χ0) is 14.7. The van der Waals surface area contributed by atoms with Gasteiger partial charge < -0.3 is 14.3 Å². The van der Waals surface area contributed by atoms with Crippen LogP contribution in [-0.4, -0.2) is 10.9 Å². The molecule has 0 bridgehead atoms. The quantitative estimate of drug-likeness (QED) is 0.481. The van der Waals surface area contributed by atoms with Crippen LogP contribution in [0.3, 0.4) is 0 Å². The van der Waals surface area contributed by atoms with E-state index in [-0.39, 0.29) is 5.69 Å². The number of aryl methyl sites for hydroxylation is 1. The third kappa shape index (κ3) is 2.92. The van der Waals surface area contributed by atoms with Gasteiger partial charge in [0.15, 0.2) is 0 Å². The summed E-state index contributed by atoms with van der Waals surface area (Å²) < 4.78 is 5.39. The van der Waals surface area contributed by atoms with Crippen molar-refractivity contribution in [3.8, 4) is 11.3 Å². The molecule has 2 rings (SSSR count). The summed E-state index contributed by atoms with van der Waals surface area (Å²) in [6, 6.07) is 7.93. The topological polar surface area (TPSA) is 96.4 Å². The Morgan fingerprint density at radius 1 is 1.30 bits per heavy atom. The van der Waals surface area contributed by atoms with E-state index in [1.165, 1.54) is 12.1 Å². The molecular weight excluding hydrogens is 262 g/mol. The second-order valence-electron chi connectivity index (χ2n) is 4.11. The molecule has 2 aromatic rings. The van der Waals surface area contributed by atoms with E-state index in [1.54, 1.807) is 31.2 Å². The van der Waals surface area contributed by atoms with E-state index >= 15 is 0 Å². The first kappa shape index (κ1) is 13.5. The van der Waals surface area contributed by atoms with Crippen LogP contribution in [0.25, 0.3) is 17.4 Å². The summed E-state index contributed by atoms with van der Waals surface area (Å²) in [7, 11) is 0. The molecule has 102 valence electrons. The molecule has 0 spiro atoms. The molecule has 0 aliphatic carbocycles. The Hall–Kier alpha value is -2.89. The summed E-state index contributed by atoms with van der Waals surface area (Å²) in [6.45, 7) is 1.65. The van der Waals surface area contributed by atoms with Crippen molar-refractivity contribution in [1.29, 1.82) is 0 Å². The van der Waals surface area contributed by atoms with Gasteiger partial charge in [0.2, 0.25) is 0 Å². The van der Waals surface area contributed by atoms with E-state index in [9.17, 15) is 20.0 Å². The molecule has 0 unspecified atom stereocenters. The molecule has 0 aliphatic heterocycles. The summed E-state index contributed by atoms with van der Waals surface area (Å²) in [5, 5.41) is 21.2. The number of aliphatic carboxylic acids is 1. The van der Waals surface area contributed by atoms with E-state index in [4.69, 9.17) is 4.42 Å². The largest absolute Gasteiger partial charge is 0.545 e. The van der Waals surface area contributed by atoms with Gasteiger partial charge in [-0.15, -0.1) is 0 Å². The predicted octanol–water partition coefficient (Wildman–Crippen LogP) is 1.93. The van der Waals surface area contributed by atoms with Gasteiger partial charge in [0.1, 0.15) is 11.5 Å². The number of carboxylic acid groups (broad SMARTS) is 1. The Labute approximate surface area is 114 Å². The minimum atomic E-state index is -1.33. The lowest BCUT2D eigenvalue weighted by Crippen LogP contribution is -2.18. The second-order valence-corrected chi connectivity index (χ2v) is 4.11. The Kier molecular flexibility index (Phi) is 3.65. The van der Waals surface area contributed by atoms with Gasteiger partial charge in [0.25, 0.3) is 5.69 Å². The molecule has 0 amide bonds. The molecule has 0 fully saturated rings. The standard InChI is InChI=1S/C14H11NO5/c1-9-2-3-10(8-12(9)15(18)19)13-6-4-11(20-13)5-7-14(16)17/h2-8H,1H3,(H,16,17)/p-1/b7-5+. The molecule has 0 saturated carbocycles. The minimum Gasteiger partial charge on any atom is -0.545 e. The van der Waals surface area contributed by atoms with Crippen LogP contribution in [0, 0.1) is 17.0 Å². The van der Waals surface area contributed by atoms with Crippen LogP contribution in [-0.2, 0) is 4.79 Å². The van der Waals surface area contributed by atoms with Gasteiger partial charge >= 0.3 is 0 Å². The Bertz CT molecular complexity index is 699. The van der Waals surface area contributed by atoms with Crippen molar-refractivity contribution < 1.29 is 19.2 Å². The fraction of sp³-hybridized carbons (Fsp3) is 0.0714. The third-order valence-corrected chi connectivity index (χ3v) is 2.70. The van der Waals surface area contributed by atoms with Crippen LogP contribution in [0.1, 0.15) is 11.3 Å². The average Bonchev–Trinajstić information content (AvgIpc) is 2.85. The smallest absolute Gasteiger partial charge is 0.273 e. The lowest BCUT2D eigenvalue weighted by atomic mass is 10.1. The molecule has 1 heterocycles. The number of nitro groups is 1. The molecule has 1 aromatic heterocycles. The monoisotopic (exact) mass is 272 g/mol. The summed E-state index contributed by atoms with van der Waals surface area (Å²) >= 11 is 0. The fourth-order valence-electron chi connectivity index (χ4n) is 1.71. The second kappa shape index (κ2) is 5.40. The first-order chi connectivity index (χ1) is 9.47. The summed E-state index contributed by atoms with van der Waals surface area (Å²) in [5.41, 5.74) is 1.11. The van der Waals surface area contributed by atoms with E-state index in [1.807, 2.05) is 0 Å². The van der Waals surface area contributed by atoms with E-state index in [0.717, 1.165) is 6.08 Å². The molecule has 20 heavy (non-hydrogen) atoms. The van der Waals surface area contributed by atoms with E-state index in [0.29, 0.717) is 22.6 Å². The number of furan rings is 1. The van der Waals surface area contributed by atoms with Gasteiger partial charge in [-0.05, 0) is 31.2 Å². The highest BCUT2D eigenvalue weighted by atomic mass is 16.6. The number of nitrogens with zero attached hydrogens (tertiary/aromatic N) is 1. The highest BCUT2D eigenvalue weighted by Gasteiger charge is 2.13. The molecule has 0 N–H and O–H groups in total. The Morgan fingerprint density at radius 2 is 2.05 bits per heavy atom. The fourth-order valence-corrected chi connectivity index (χ4v) is 1.71. The average molecular weight is 272 g/mol. The van der Waals surface area contributed by atoms with Crippen molar-refractivity contribution in [2.75, 3.05) is 0 Å². The van der Waals surface area contributed by atoms with Gasteiger partial charge in [0.05, 0.1) is 10.9 Å². The lowest BCUT2D eigenvalue weighted by Gasteiger charge is -2.00. The van der Waals surface area contributed by atoms with Crippen LogP contribution in [0.5, 0.6) is 0 Å². The first-order valence-corrected chi connectivity index (χ1v) is 5.71. The lowest BCUT2D eigenvalue weighted by molar-refractivity contribution is -0.385. The highest BCUT2D eigenvalue weighted by Crippen LogP contribution is 2.28. The number of nitro benzene ring substituents is 1. The molecule has 0 aliphatic rings. The summed E-state index contributed by atoms with van der Waals surface area (Å²) in [6.07, 6.45) is 2.10. The van der Waals surface area contributed by atoms with Gasteiger partial charge in [-0.3, -0.25) is 10.1 Å². The maximum absolute atomic E-state index is 10.9. The maximum Gasteiger partial charge on any atom is 0.273 e. The van der Waals surface area contributed by atoms with Gasteiger partial charge in [-0.1, -0.05) is 12.1 Å². The number of carboxylic acids is 1. The zero-order valence-electron chi connectivity index (χ0n) is 10.5. The normalized spacial score (nSPS) is 10.8. The minimum absolute atomic E-state index is 0.00530. The predicted molar refractivity (Wildman–Crippen MR) is 69.6 cm³/mol. The van der Waals surface area contributed by atoms with E-state index in [2.05, 4.69) is 0 Å². The number of hydrogen-bond acceptors (Lipinski definition) is 5. The van der Waals surface area contributed by atoms with Gasteiger partial charge in [-0.25, -0.2) is 0 Å². The molecule has 6 heteroatoms. The summed E-state index contributed by atoms with van der Waals surface area (Å²) in [4.78, 5) is 20.7. The van der Waals surface area contributed by atoms with Crippen molar-refractivity contribution in [3.63, 3.8) is 0 Å². The third-order valence-electron chi connectivity index (χ3n) is 2.70.